The lowest BCUT2D eigenvalue weighted by Crippen LogP contribution is -2.40. The predicted molar refractivity (Wildman–Crippen MR) is 96.7 cm³/mol. The number of rotatable bonds is 5. The minimum atomic E-state index is -0.209. The number of imide groups is 1. The van der Waals surface area contributed by atoms with Crippen molar-refractivity contribution >= 4 is 17.4 Å². The van der Waals surface area contributed by atoms with Gasteiger partial charge in [0.25, 0.3) is 11.8 Å². The molecule has 5 heteroatoms. The molecular weight excluding hydrogens is 316 g/mol. The summed E-state index contributed by atoms with van der Waals surface area (Å²) in [7, 11) is 1.58. The number of carbonyl (C=O) groups is 2. The monoisotopic (exact) mass is 342 g/mol. The zero-order chi connectivity index (χ0) is 18.0. The van der Waals surface area contributed by atoms with Crippen molar-refractivity contribution in [2.45, 2.75) is 26.7 Å². The second-order valence-corrected chi connectivity index (χ2v) is 7.04. The Kier molecular flexibility index (Phi) is 5.23. The second kappa shape index (κ2) is 7.40. The zero-order valence-electron chi connectivity index (χ0n) is 15.2. The molecule has 134 valence electrons. The molecule has 0 aliphatic carbocycles. The fourth-order valence-corrected chi connectivity index (χ4v) is 3.62. The molecule has 3 rings (SSSR count). The average molecular weight is 342 g/mol. The van der Waals surface area contributed by atoms with Crippen LogP contribution in [-0.2, 0) is 14.3 Å². The Balaban J connectivity index is 2.02. The van der Waals surface area contributed by atoms with Crippen LogP contribution in [0.1, 0.15) is 30.9 Å². The third-order valence-corrected chi connectivity index (χ3v) is 4.98. The van der Waals surface area contributed by atoms with Gasteiger partial charge in [0.2, 0.25) is 0 Å². The Morgan fingerprint density at radius 2 is 1.88 bits per heavy atom. The Labute approximate surface area is 149 Å². The molecule has 5 nitrogen and oxygen atoms in total. The van der Waals surface area contributed by atoms with Crippen molar-refractivity contribution in [2.24, 2.45) is 5.92 Å². The molecule has 2 heterocycles. The van der Waals surface area contributed by atoms with E-state index in [1.807, 2.05) is 31.2 Å². The summed E-state index contributed by atoms with van der Waals surface area (Å²) in [6.45, 7) is 6.49. The van der Waals surface area contributed by atoms with E-state index >= 15 is 0 Å². The third kappa shape index (κ3) is 3.47. The highest BCUT2D eigenvalue weighted by molar-refractivity contribution is 6.35. The molecule has 0 spiro atoms. The molecule has 1 aromatic rings. The van der Waals surface area contributed by atoms with Gasteiger partial charge in [0, 0.05) is 20.2 Å². The van der Waals surface area contributed by atoms with Gasteiger partial charge in [-0.1, -0.05) is 36.8 Å². The summed E-state index contributed by atoms with van der Waals surface area (Å²) in [5, 5.41) is 0. The number of hydrogen-bond donors (Lipinski definition) is 0. The predicted octanol–water partition coefficient (Wildman–Crippen LogP) is 2.45. The number of ether oxygens (including phenoxy) is 1. The average Bonchev–Trinajstić information content (AvgIpc) is 2.84. The van der Waals surface area contributed by atoms with Crippen molar-refractivity contribution < 1.29 is 14.3 Å². The van der Waals surface area contributed by atoms with Gasteiger partial charge in [0.1, 0.15) is 5.70 Å². The van der Waals surface area contributed by atoms with Crippen LogP contribution in [0.4, 0.5) is 0 Å². The van der Waals surface area contributed by atoms with Crippen LogP contribution in [0, 0.1) is 12.8 Å². The number of amides is 2. The molecule has 0 N–H and O–H groups in total. The summed E-state index contributed by atoms with van der Waals surface area (Å²) in [5.41, 5.74) is 3.05. The van der Waals surface area contributed by atoms with Gasteiger partial charge in [0.05, 0.1) is 18.7 Å². The van der Waals surface area contributed by atoms with E-state index in [0.717, 1.165) is 30.6 Å². The maximum absolute atomic E-state index is 13.0. The van der Waals surface area contributed by atoms with Crippen LogP contribution in [-0.4, -0.2) is 55.0 Å². The lowest BCUT2D eigenvalue weighted by molar-refractivity contribution is -0.138. The topological polar surface area (TPSA) is 49.9 Å². The summed E-state index contributed by atoms with van der Waals surface area (Å²) in [4.78, 5) is 29.5. The highest BCUT2D eigenvalue weighted by atomic mass is 16.5. The lowest BCUT2D eigenvalue weighted by atomic mass is 9.97. The van der Waals surface area contributed by atoms with Gasteiger partial charge in [-0.25, -0.2) is 0 Å². The van der Waals surface area contributed by atoms with Crippen LogP contribution >= 0.6 is 0 Å². The van der Waals surface area contributed by atoms with Gasteiger partial charge >= 0.3 is 0 Å². The number of hydrogen-bond acceptors (Lipinski definition) is 4. The first-order valence-corrected chi connectivity index (χ1v) is 8.94. The van der Waals surface area contributed by atoms with Crippen molar-refractivity contribution in [1.29, 1.82) is 0 Å². The highest BCUT2D eigenvalue weighted by Crippen LogP contribution is 2.33. The van der Waals surface area contributed by atoms with E-state index in [1.165, 1.54) is 11.3 Å². The van der Waals surface area contributed by atoms with Gasteiger partial charge in [-0.2, -0.15) is 0 Å². The molecule has 0 radical (unpaired) electrons. The second-order valence-electron chi connectivity index (χ2n) is 7.04. The molecule has 0 saturated carbocycles. The maximum Gasteiger partial charge on any atom is 0.277 e. The van der Waals surface area contributed by atoms with E-state index in [9.17, 15) is 9.59 Å². The molecule has 1 aromatic carbocycles. The van der Waals surface area contributed by atoms with Crippen LogP contribution in [0.25, 0.3) is 5.57 Å². The van der Waals surface area contributed by atoms with E-state index < -0.39 is 0 Å². The Hall–Kier alpha value is -2.14. The molecule has 25 heavy (non-hydrogen) atoms. The largest absolute Gasteiger partial charge is 0.383 e. The lowest BCUT2D eigenvalue weighted by Gasteiger charge is -2.33. The number of benzene rings is 1. The van der Waals surface area contributed by atoms with Crippen molar-refractivity contribution in [3.8, 4) is 0 Å². The smallest absolute Gasteiger partial charge is 0.277 e. The number of carbonyl (C=O) groups excluding carboxylic acids is 2. The molecule has 1 atom stereocenters. The van der Waals surface area contributed by atoms with E-state index in [2.05, 4.69) is 11.8 Å². The number of methoxy groups -OCH3 is 1. The first-order chi connectivity index (χ1) is 12.0. The molecule has 0 aromatic heterocycles. The van der Waals surface area contributed by atoms with Gasteiger partial charge in [-0.05, 0) is 31.2 Å². The van der Waals surface area contributed by atoms with E-state index in [-0.39, 0.29) is 18.4 Å². The Bertz CT molecular complexity index is 693. The normalized spacial score (nSPS) is 21.5. The first-order valence-electron chi connectivity index (χ1n) is 8.94. The number of aryl methyl sites for hydroxylation is 1. The minimum absolute atomic E-state index is 0.188. The molecule has 2 aliphatic heterocycles. The fourth-order valence-electron chi connectivity index (χ4n) is 3.62. The third-order valence-electron chi connectivity index (χ3n) is 4.98. The Morgan fingerprint density at radius 3 is 2.52 bits per heavy atom. The SMILES string of the molecule is COCCN1C(=O)C(c2ccc(C)cc2)=C(N2CCCC(C)C2)C1=O. The molecule has 0 bridgehead atoms. The molecule has 2 amide bonds. The molecule has 1 saturated heterocycles. The van der Waals surface area contributed by atoms with Gasteiger partial charge < -0.3 is 9.64 Å². The number of likely N-dealkylation sites (tertiary alicyclic amines) is 1. The van der Waals surface area contributed by atoms with Gasteiger partial charge in [-0.3, -0.25) is 14.5 Å². The summed E-state index contributed by atoms with van der Waals surface area (Å²) >= 11 is 0. The molecule has 1 fully saturated rings. The van der Waals surface area contributed by atoms with E-state index in [0.29, 0.717) is 23.8 Å². The first kappa shape index (κ1) is 17.7. The highest BCUT2D eigenvalue weighted by Gasteiger charge is 2.41. The summed E-state index contributed by atoms with van der Waals surface area (Å²) in [6, 6.07) is 7.83. The fraction of sp³-hybridized carbons (Fsp3) is 0.500. The van der Waals surface area contributed by atoms with E-state index in [4.69, 9.17) is 4.74 Å². The van der Waals surface area contributed by atoms with Crippen molar-refractivity contribution in [2.75, 3.05) is 33.4 Å². The number of nitrogens with zero attached hydrogens (tertiary/aromatic N) is 2. The summed E-state index contributed by atoms with van der Waals surface area (Å²) < 4.78 is 5.08. The standard InChI is InChI=1S/C20H26N2O3/c1-14-6-8-16(9-7-14)17-18(21-10-4-5-15(2)13-21)20(24)22(19(17)23)11-12-25-3/h6-9,15H,4-5,10-13H2,1-3H3. The van der Waals surface area contributed by atoms with Crippen LogP contribution in [0.15, 0.2) is 30.0 Å². The molecule has 2 aliphatic rings. The minimum Gasteiger partial charge on any atom is -0.383 e. The Morgan fingerprint density at radius 1 is 1.16 bits per heavy atom. The van der Waals surface area contributed by atoms with Crippen LogP contribution in [0.5, 0.6) is 0 Å². The van der Waals surface area contributed by atoms with Crippen LogP contribution in [0.3, 0.4) is 0 Å². The van der Waals surface area contributed by atoms with Crippen molar-refractivity contribution in [3.63, 3.8) is 0 Å². The van der Waals surface area contributed by atoms with Crippen molar-refractivity contribution in [1.82, 2.24) is 9.80 Å². The van der Waals surface area contributed by atoms with Crippen LogP contribution < -0.4 is 0 Å². The molecule has 1 unspecified atom stereocenters. The molecular formula is C20H26N2O3. The number of piperidine rings is 1. The summed E-state index contributed by atoms with van der Waals surface area (Å²) in [6.07, 6.45) is 2.21. The van der Waals surface area contributed by atoms with E-state index in [1.54, 1.807) is 7.11 Å². The maximum atomic E-state index is 13.0. The van der Waals surface area contributed by atoms with Crippen LogP contribution in [0.2, 0.25) is 0 Å². The quantitative estimate of drug-likeness (QED) is 0.771. The van der Waals surface area contributed by atoms with Gasteiger partial charge in [0.15, 0.2) is 0 Å². The van der Waals surface area contributed by atoms with Gasteiger partial charge in [-0.15, -0.1) is 0 Å². The summed E-state index contributed by atoms with van der Waals surface area (Å²) in [5.74, 6) is 0.127. The zero-order valence-corrected chi connectivity index (χ0v) is 15.2. The van der Waals surface area contributed by atoms with Crippen molar-refractivity contribution in [3.05, 3.63) is 41.1 Å².